The maximum Gasteiger partial charge on any atom is 0.239 e. The fourth-order valence-electron chi connectivity index (χ4n) is 4.09. The minimum Gasteiger partial charge on any atom is -0.370 e. The largest absolute Gasteiger partial charge is 0.370 e. The highest BCUT2D eigenvalue weighted by molar-refractivity contribution is 7.95. The van der Waals surface area contributed by atoms with E-state index in [1.54, 1.807) is 7.05 Å². The van der Waals surface area contributed by atoms with Crippen molar-refractivity contribution in [2.45, 2.75) is 6.42 Å². The molecule has 5 N–H and O–H groups in total. The standard InChI is InChI=1S/C27H34N5OP/c1-32(27(28)29)22-26(33)31-20-19-30-18-11-21-34(23-12-5-2-6-13-23,24-14-7-3-8-15-24)25-16-9-4-10-17-25/h2-10,12-17,30H,11,18-22H2,1H3,(H3-,28,29,31,33)/p+1. The van der Waals surface area contributed by atoms with E-state index in [1.807, 2.05) is 0 Å². The minimum absolute atomic E-state index is 0.0908. The van der Waals surface area contributed by atoms with Crippen LogP contribution in [-0.4, -0.2) is 56.2 Å². The van der Waals surface area contributed by atoms with Crippen molar-refractivity contribution in [1.82, 2.24) is 15.5 Å². The SMILES string of the molecule is CN(CC(=O)NCCNCCC[P+](c1ccccc1)(c1ccccc1)c1ccccc1)C(=N)N. The lowest BCUT2D eigenvalue weighted by atomic mass is 10.3. The van der Waals surface area contributed by atoms with Crippen molar-refractivity contribution in [3.05, 3.63) is 91.0 Å². The summed E-state index contributed by atoms with van der Waals surface area (Å²) in [5.41, 5.74) is 5.37. The zero-order chi connectivity index (χ0) is 24.2. The lowest BCUT2D eigenvalue weighted by molar-refractivity contribution is -0.121. The number of nitrogens with zero attached hydrogens (tertiary/aromatic N) is 1. The number of benzene rings is 3. The molecule has 1 amide bonds. The molecule has 0 radical (unpaired) electrons. The van der Waals surface area contributed by atoms with Crippen LogP contribution in [0.15, 0.2) is 91.0 Å². The highest BCUT2D eigenvalue weighted by atomic mass is 31.2. The van der Waals surface area contributed by atoms with E-state index in [0.717, 1.165) is 19.1 Å². The average molecular weight is 477 g/mol. The molecule has 0 aliphatic heterocycles. The first-order valence-electron chi connectivity index (χ1n) is 11.6. The van der Waals surface area contributed by atoms with Gasteiger partial charge < -0.3 is 21.3 Å². The van der Waals surface area contributed by atoms with Gasteiger partial charge in [-0.3, -0.25) is 10.2 Å². The zero-order valence-corrected chi connectivity index (χ0v) is 20.7. The van der Waals surface area contributed by atoms with Gasteiger partial charge in [0.2, 0.25) is 5.91 Å². The third-order valence-corrected chi connectivity index (χ3v) is 10.4. The Bertz CT molecular complexity index is 934. The Morgan fingerprint density at radius 2 is 1.29 bits per heavy atom. The topological polar surface area (TPSA) is 94.2 Å². The van der Waals surface area contributed by atoms with Crippen molar-refractivity contribution < 1.29 is 4.79 Å². The minimum atomic E-state index is -1.80. The van der Waals surface area contributed by atoms with Gasteiger partial charge in [-0.2, -0.15) is 0 Å². The molecule has 0 aromatic heterocycles. The first-order valence-corrected chi connectivity index (χ1v) is 13.6. The fourth-order valence-corrected chi connectivity index (χ4v) is 8.44. The van der Waals surface area contributed by atoms with Crippen molar-refractivity contribution in [2.24, 2.45) is 5.73 Å². The van der Waals surface area contributed by atoms with Crippen molar-refractivity contribution in [1.29, 1.82) is 5.41 Å². The molecular formula is C27H35N5OP+. The van der Waals surface area contributed by atoms with E-state index >= 15 is 0 Å². The zero-order valence-electron chi connectivity index (χ0n) is 19.8. The smallest absolute Gasteiger partial charge is 0.239 e. The fraction of sp³-hybridized carbons (Fsp3) is 0.259. The predicted molar refractivity (Wildman–Crippen MR) is 145 cm³/mol. The van der Waals surface area contributed by atoms with Crippen molar-refractivity contribution in [3.8, 4) is 0 Å². The molecule has 3 aromatic rings. The van der Waals surface area contributed by atoms with Crippen molar-refractivity contribution >= 4 is 35.0 Å². The Labute approximate surface area is 203 Å². The van der Waals surface area contributed by atoms with Crippen LogP contribution in [0.1, 0.15) is 6.42 Å². The molecule has 0 saturated carbocycles. The van der Waals surface area contributed by atoms with E-state index in [0.29, 0.717) is 13.1 Å². The van der Waals surface area contributed by atoms with Crippen LogP contribution in [0, 0.1) is 5.41 Å². The molecule has 0 saturated heterocycles. The number of rotatable bonds is 12. The molecule has 0 unspecified atom stereocenters. The Hall–Kier alpha value is -3.21. The summed E-state index contributed by atoms with van der Waals surface area (Å²) in [4.78, 5) is 13.3. The van der Waals surface area contributed by atoms with Crippen molar-refractivity contribution in [3.63, 3.8) is 0 Å². The third-order valence-electron chi connectivity index (χ3n) is 5.85. The van der Waals surface area contributed by atoms with Gasteiger partial charge in [-0.25, -0.2) is 0 Å². The maximum absolute atomic E-state index is 11.9. The molecule has 34 heavy (non-hydrogen) atoms. The van der Waals surface area contributed by atoms with Crippen LogP contribution in [0.3, 0.4) is 0 Å². The molecular weight excluding hydrogens is 441 g/mol. The van der Waals surface area contributed by atoms with E-state index in [4.69, 9.17) is 11.1 Å². The van der Waals surface area contributed by atoms with Crippen molar-refractivity contribution in [2.75, 3.05) is 39.4 Å². The Morgan fingerprint density at radius 3 is 1.74 bits per heavy atom. The van der Waals surface area contributed by atoms with Crippen LogP contribution in [0.25, 0.3) is 0 Å². The first-order chi connectivity index (χ1) is 16.5. The summed E-state index contributed by atoms with van der Waals surface area (Å²) in [5, 5.41) is 17.9. The van der Waals surface area contributed by atoms with Crippen LogP contribution in [0.2, 0.25) is 0 Å². The number of nitrogens with one attached hydrogen (secondary N) is 3. The van der Waals surface area contributed by atoms with Gasteiger partial charge in [-0.1, -0.05) is 54.6 Å². The molecule has 0 spiro atoms. The number of hydrogen-bond acceptors (Lipinski definition) is 3. The van der Waals surface area contributed by atoms with E-state index < -0.39 is 7.26 Å². The lowest BCUT2D eigenvalue weighted by Gasteiger charge is -2.27. The van der Waals surface area contributed by atoms with Crippen LogP contribution in [-0.2, 0) is 4.79 Å². The van der Waals surface area contributed by atoms with Gasteiger partial charge in [0.25, 0.3) is 0 Å². The van der Waals surface area contributed by atoms with Gasteiger partial charge in [-0.05, 0) is 49.4 Å². The van der Waals surface area contributed by atoms with Crippen LogP contribution in [0.5, 0.6) is 0 Å². The average Bonchev–Trinajstić information content (AvgIpc) is 2.87. The summed E-state index contributed by atoms with van der Waals surface area (Å²) >= 11 is 0. The van der Waals surface area contributed by atoms with E-state index in [9.17, 15) is 4.79 Å². The number of hydrogen-bond donors (Lipinski definition) is 4. The molecule has 0 aliphatic carbocycles. The normalized spacial score (nSPS) is 11.1. The number of nitrogens with two attached hydrogens (primary N) is 1. The Balaban J connectivity index is 1.65. The molecule has 7 heteroatoms. The van der Waals surface area contributed by atoms with Gasteiger partial charge in [-0.15, -0.1) is 0 Å². The van der Waals surface area contributed by atoms with Gasteiger partial charge in [0.05, 0.1) is 12.7 Å². The van der Waals surface area contributed by atoms with Crippen LogP contribution < -0.4 is 32.3 Å². The second-order valence-corrected chi connectivity index (χ2v) is 11.9. The quantitative estimate of drug-likeness (QED) is 0.139. The van der Waals surface area contributed by atoms with Gasteiger partial charge >= 0.3 is 0 Å². The van der Waals surface area contributed by atoms with Gasteiger partial charge in [0.1, 0.15) is 23.2 Å². The summed E-state index contributed by atoms with van der Waals surface area (Å²) in [6, 6.07) is 32.7. The molecule has 6 nitrogen and oxygen atoms in total. The number of likely N-dealkylation sites (N-methyl/N-ethyl adjacent to an activating group) is 1. The summed E-state index contributed by atoms with van der Waals surface area (Å²) in [6.07, 6.45) is 2.08. The first kappa shape index (κ1) is 25.4. The van der Waals surface area contributed by atoms with E-state index in [1.165, 1.54) is 20.8 Å². The molecule has 0 bridgehead atoms. The summed E-state index contributed by atoms with van der Waals surface area (Å²) in [7, 11) is -0.170. The summed E-state index contributed by atoms with van der Waals surface area (Å²) < 4.78 is 0. The van der Waals surface area contributed by atoms with E-state index in [-0.39, 0.29) is 18.4 Å². The molecule has 0 aliphatic rings. The number of carbonyl (C=O) groups is 1. The molecule has 0 fully saturated rings. The van der Waals surface area contributed by atoms with Crippen LogP contribution >= 0.6 is 7.26 Å². The van der Waals surface area contributed by atoms with E-state index in [2.05, 4.69) is 102 Å². The van der Waals surface area contributed by atoms with Crippen LogP contribution in [0.4, 0.5) is 0 Å². The molecule has 0 heterocycles. The third kappa shape index (κ3) is 6.66. The molecule has 3 aromatic carbocycles. The Morgan fingerprint density at radius 1 is 0.824 bits per heavy atom. The lowest BCUT2D eigenvalue weighted by Crippen LogP contribution is -2.42. The highest BCUT2D eigenvalue weighted by Gasteiger charge is 2.44. The number of guanidine groups is 1. The molecule has 178 valence electrons. The number of carbonyl (C=O) groups excluding carboxylic acids is 1. The van der Waals surface area contributed by atoms with Gasteiger partial charge in [0.15, 0.2) is 5.96 Å². The summed E-state index contributed by atoms with van der Waals surface area (Å²) in [5.74, 6) is -0.253. The Kier molecular flexibility index (Phi) is 9.62. The molecule has 3 rings (SSSR count). The highest BCUT2D eigenvalue weighted by Crippen LogP contribution is 2.55. The summed E-state index contributed by atoms with van der Waals surface area (Å²) in [6.45, 7) is 2.20. The van der Waals surface area contributed by atoms with Gasteiger partial charge in [0, 0.05) is 20.1 Å². The second kappa shape index (κ2) is 12.9. The second-order valence-electron chi connectivity index (χ2n) is 8.23. The molecule has 0 atom stereocenters. The monoisotopic (exact) mass is 476 g/mol. The predicted octanol–water partition coefficient (Wildman–Crippen LogP) is 1.90. The number of amides is 1. The maximum atomic E-state index is 11.9.